The molecule has 0 unspecified atom stereocenters. The fourth-order valence-corrected chi connectivity index (χ4v) is 3.17. The number of rotatable bonds is 6. The number of anilines is 3. The summed E-state index contributed by atoms with van der Waals surface area (Å²) < 4.78 is 5.86. The van der Waals surface area contributed by atoms with Crippen LogP contribution < -0.4 is 15.4 Å². The summed E-state index contributed by atoms with van der Waals surface area (Å²) in [6, 6.07) is 10.3. The van der Waals surface area contributed by atoms with E-state index in [1.165, 1.54) is 38.5 Å². The van der Waals surface area contributed by atoms with E-state index in [0.29, 0.717) is 12.0 Å². The number of nitrogens with zero attached hydrogens (tertiary/aromatic N) is 2. The predicted octanol–water partition coefficient (Wildman–Crippen LogP) is 5.14. The molecule has 0 saturated heterocycles. The maximum absolute atomic E-state index is 5.86. The van der Waals surface area contributed by atoms with Crippen LogP contribution in [0.15, 0.2) is 36.5 Å². The molecule has 5 nitrogen and oxygen atoms in total. The van der Waals surface area contributed by atoms with E-state index in [1.807, 2.05) is 44.2 Å². The SMILES string of the molecule is CC(C)Oc1ccccc1Nc1ccnc(NC2CCCCCC2)n1. The quantitative estimate of drug-likeness (QED) is 0.713. The molecule has 5 heteroatoms. The van der Waals surface area contributed by atoms with Gasteiger partial charge in [-0.1, -0.05) is 37.8 Å². The second-order valence-electron chi connectivity index (χ2n) is 6.89. The molecule has 1 aromatic heterocycles. The summed E-state index contributed by atoms with van der Waals surface area (Å²) in [5.41, 5.74) is 0.912. The highest BCUT2D eigenvalue weighted by atomic mass is 16.5. The van der Waals surface area contributed by atoms with Crippen LogP contribution in [0.25, 0.3) is 0 Å². The lowest BCUT2D eigenvalue weighted by Crippen LogP contribution is -2.20. The van der Waals surface area contributed by atoms with Gasteiger partial charge in [-0.15, -0.1) is 0 Å². The number of para-hydroxylation sites is 2. The third-order valence-electron chi connectivity index (χ3n) is 4.36. The van der Waals surface area contributed by atoms with Crippen molar-refractivity contribution in [2.75, 3.05) is 10.6 Å². The van der Waals surface area contributed by atoms with E-state index in [2.05, 4.69) is 20.6 Å². The molecule has 0 atom stereocenters. The Labute approximate surface area is 150 Å². The maximum atomic E-state index is 5.86. The zero-order valence-corrected chi connectivity index (χ0v) is 15.2. The monoisotopic (exact) mass is 340 g/mol. The topological polar surface area (TPSA) is 59.1 Å². The molecule has 1 saturated carbocycles. The van der Waals surface area contributed by atoms with Crippen molar-refractivity contribution in [3.8, 4) is 5.75 Å². The van der Waals surface area contributed by atoms with Crippen molar-refractivity contribution in [2.45, 2.75) is 64.5 Å². The molecule has 0 bridgehead atoms. The van der Waals surface area contributed by atoms with Crippen LogP contribution in [0.4, 0.5) is 17.5 Å². The van der Waals surface area contributed by atoms with Crippen molar-refractivity contribution in [3.63, 3.8) is 0 Å². The summed E-state index contributed by atoms with van der Waals surface area (Å²) in [5.74, 6) is 2.29. The molecule has 1 fully saturated rings. The van der Waals surface area contributed by atoms with E-state index in [0.717, 1.165) is 17.3 Å². The first-order valence-electron chi connectivity index (χ1n) is 9.33. The van der Waals surface area contributed by atoms with Gasteiger partial charge in [-0.25, -0.2) is 4.98 Å². The molecule has 0 radical (unpaired) electrons. The lowest BCUT2D eigenvalue weighted by atomic mass is 10.1. The normalized spacial score (nSPS) is 15.6. The number of hydrogen-bond acceptors (Lipinski definition) is 5. The third kappa shape index (κ3) is 5.34. The molecule has 1 aromatic carbocycles. The van der Waals surface area contributed by atoms with Gasteiger partial charge in [-0.05, 0) is 44.9 Å². The third-order valence-corrected chi connectivity index (χ3v) is 4.36. The van der Waals surface area contributed by atoms with E-state index in [9.17, 15) is 0 Å². The maximum Gasteiger partial charge on any atom is 0.224 e. The second-order valence-corrected chi connectivity index (χ2v) is 6.89. The molecule has 3 rings (SSSR count). The Balaban J connectivity index is 1.69. The van der Waals surface area contributed by atoms with Crippen molar-refractivity contribution in [1.82, 2.24) is 9.97 Å². The van der Waals surface area contributed by atoms with E-state index in [4.69, 9.17) is 4.74 Å². The van der Waals surface area contributed by atoms with E-state index >= 15 is 0 Å². The highest BCUT2D eigenvalue weighted by Gasteiger charge is 2.13. The molecule has 134 valence electrons. The van der Waals surface area contributed by atoms with Gasteiger partial charge in [0.2, 0.25) is 5.95 Å². The fourth-order valence-electron chi connectivity index (χ4n) is 3.17. The van der Waals surface area contributed by atoms with E-state index in [-0.39, 0.29) is 6.10 Å². The molecular formula is C20H28N4O. The van der Waals surface area contributed by atoms with Crippen molar-refractivity contribution in [1.29, 1.82) is 0 Å². The average Bonchev–Trinajstić information content (AvgIpc) is 2.85. The number of hydrogen-bond donors (Lipinski definition) is 2. The summed E-state index contributed by atoms with van der Waals surface area (Å²) >= 11 is 0. The van der Waals surface area contributed by atoms with Crippen LogP contribution in [0.5, 0.6) is 5.75 Å². The summed E-state index contributed by atoms with van der Waals surface area (Å²) in [6.07, 6.45) is 9.57. The minimum absolute atomic E-state index is 0.126. The molecule has 0 amide bonds. The number of nitrogens with one attached hydrogen (secondary N) is 2. The molecule has 1 aliphatic rings. The first-order valence-corrected chi connectivity index (χ1v) is 9.33. The van der Waals surface area contributed by atoms with E-state index in [1.54, 1.807) is 6.20 Å². The Morgan fingerprint density at radius 3 is 2.56 bits per heavy atom. The number of aromatic nitrogens is 2. The molecular weight excluding hydrogens is 312 g/mol. The minimum Gasteiger partial charge on any atom is -0.489 e. The first-order chi connectivity index (χ1) is 12.2. The van der Waals surface area contributed by atoms with E-state index < -0.39 is 0 Å². The molecule has 2 N–H and O–H groups in total. The Bertz CT molecular complexity index is 666. The zero-order valence-electron chi connectivity index (χ0n) is 15.2. The highest BCUT2D eigenvalue weighted by Crippen LogP contribution is 2.28. The Morgan fingerprint density at radius 2 is 1.80 bits per heavy atom. The lowest BCUT2D eigenvalue weighted by molar-refractivity contribution is 0.244. The van der Waals surface area contributed by atoms with Gasteiger partial charge in [0.1, 0.15) is 11.6 Å². The predicted molar refractivity (Wildman–Crippen MR) is 103 cm³/mol. The minimum atomic E-state index is 0.126. The van der Waals surface area contributed by atoms with Crippen LogP contribution in [0.2, 0.25) is 0 Å². The summed E-state index contributed by atoms with van der Waals surface area (Å²) in [4.78, 5) is 9.01. The second kappa shape index (κ2) is 8.70. The van der Waals surface area contributed by atoms with Crippen molar-refractivity contribution < 1.29 is 4.74 Å². The smallest absolute Gasteiger partial charge is 0.224 e. The lowest BCUT2D eigenvalue weighted by Gasteiger charge is -2.17. The van der Waals surface area contributed by atoms with Crippen LogP contribution >= 0.6 is 0 Å². The summed E-state index contributed by atoms with van der Waals surface area (Å²) in [5, 5.41) is 6.85. The van der Waals surface area contributed by atoms with Crippen LogP contribution in [0, 0.1) is 0 Å². The summed E-state index contributed by atoms with van der Waals surface area (Å²) in [7, 11) is 0. The molecule has 1 heterocycles. The molecule has 0 aliphatic heterocycles. The van der Waals surface area contributed by atoms with Gasteiger partial charge < -0.3 is 15.4 Å². The highest BCUT2D eigenvalue weighted by molar-refractivity contribution is 5.64. The van der Waals surface area contributed by atoms with Gasteiger partial charge in [-0.2, -0.15) is 4.98 Å². The zero-order chi connectivity index (χ0) is 17.5. The fraction of sp³-hybridized carbons (Fsp3) is 0.500. The molecule has 1 aliphatic carbocycles. The van der Waals surface area contributed by atoms with Gasteiger partial charge in [0, 0.05) is 12.2 Å². The number of ether oxygens (including phenoxy) is 1. The van der Waals surface area contributed by atoms with Crippen LogP contribution in [0.3, 0.4) is 0 Å². The molecule has 2 aromatic rings. The van der Waals surface area contributed by atoms with Gasteiger partial charge in [-0.3, -0.25) is 0 Å². The van der Waals surface area contributed by atoms with Gasteiger partial charge >= 0.3 is 0 Å². The van der Waals surface area contributed by atoms with Crippen LogP contribution in [0.1, 0.15) is 52.4 Å². The van der Waals surface area contributed by atoms with Crippen LogP contribution in [-0.2, 0) is 0 Å². The standard InChI is InChI=1S/C20H28N4O/c1-15(2)25-18-12-8-7-11-17(18)23-19-13-14-21-20(24-19)22-16-9-5-3-4-6-10-16/h7-8,11-16H,3-6,9-10H2,1-2H3,(H2,21,22,23,24). The molecule has 0 spiro atoms. The number of benzene rings is 1. The Kier molecular flexibility index (Phi) is 6.09. The summed E-state index contributed by atoms with van der Waals surface area (Å²) in [6.45, 7) is 4.05. The molecule has 25 heavy (non-hydrogen) atoms. The van der Waals surface area contributed by atoms with Gasteiger partial charge in [0.15, 0.2) is 0 Å². The van der Waals surface area contributed by atoms with Gasteiger partial charge in [0.05, 0.1) is 11.8 Å². The van der Waals surface area contributed by atoms with Crippen LogP contribution in [-0.4, -0.2) is 22.1 Å². The van der Waals surface area contributed by atoms with Crippen molar-refractivity contribution in [2.24, 2.45) is 0 Å². The van der Waals surface area contributed by atoms with Crippen molar-refractivity contribution in [3.05, 3.63) is 36.5 Å². The Hall–Kier alpha value is -2.30. The van der Waals surface area contributed by atoms with Crippen molar-refractivity contribution >= 4 is 17.5 Å². The largest absolute Gasteiger partial charge is 0.489 e. The first kappa shape index (κ1) is 17.5. The average molecular weight is 340 g/mol. The van der Waals surface area contributed by atoms with Gasteiger partial charge in [0.25, 0.3) is 0 Å². The Morgan fingerprint density at radius 1 is 1.04 bits per heavy atom.